The fourth-order valence-corrected chi connectivity index (χ4v) is 1.84. The predicted molar refractivity (Wildman–Crippen MR) is 61.0 cm³/mol. The normalized spacial score (nSPS) is 21.1. The summed E-state index contributed by atoms with van der Waals surface area (Å²) in [6, 6.07) is 0.191. The van der Waals surface area contributed by atoms with E-state index in [-0.39, 0.29) is 11.7 Å². The molecule has 0 aromatic carbocycles. The number of nitrogens with zero attached hydrogens (tertiary/aromatic N) is 2. The number of aromatic carboxylic acids is 1. The lowest BCUT2D eigenvalue weighted by molar-refractivity contribution is 0.0690. The molecule has 1 aliphatic heterocycles. The number of carbonyl (C=O) groups is 1. The number of hydrogen-bond donors (Lipinski definition) is 2. The lowest BCUT2D eigenvalue weighted by Crippen LogP contribution is -2.26. The molecule has 17 heavy (non-hydrogen) atoms. The molecule has 6 heteroatoms. The van der Waals surface area contributed by atoms with E-state index in [0.717, 1.165) is 19.6 Å². The van der Waals surface area contributed by atoms with Crippen LogP contribution in [-0.2, 0) is 4.74 Å². The van der Waals surface area contributed by atoms with Crippen molar-refractivity contribution in [2.45, 2.75) is 19.4 Å². The van der Waals surface area contributed by atoms with Gasteiger partial charge in [-0.3, -0.25) is 4.98 Å². The molecule has 0 amide bonds. The van der Waals surface area contributed by atoms with E-state index in [2.05, 4.69) is 15.3 Å². The maximum atomic E-state index is 10.7. The van der Waals surface area contributed by atoms with Gasteiger partial charge in [-0.2, -0.15) is 0 Å². The largest absolute Gasteiger partial charge is 0.476 e. The number of anilines is 1. The summed E-state index contributed by atoms with van der Waals surface area (Å²) in [5, 5.41) is 12.0. The van der Waals surface area contributed by atoms with Crippen LogP contribution in [0.25, 0.3) is 0 Å². The third-order valence-electron chi connectivity index (χ3n) is 2.90. The molecule has 2 unspecified atom stereocenters. The number of carboxylic acid groups (broad SMARTS) is 1. The van der Waals surface area contributed by atoms with Crippen molar-refractivity contribution in [3.05, 3.63) is 18.1 Å². The molecule has 0 bridgehead atoms. The molecule has 92 valence electrons. The average molecular weight is 237 g/mol. The van der Waals surface area contributed by atoms with Gasteiger partial charge in [0.2, 0.25) is 0 Å². The molecule has 1 aromatic rings. The minimum absolute atomic E-state index is 0.0510. The molecular formula is C11H15N3O3. The Kier molecular flexibility index (Phi) is 3.53. The lowest BCUT2D eigenvalue weighted by atomic mass is 10.0. The lowest BCUT2D eigenvalue weighted by Gasteiger charge is -2.19. The summed E-state index contributed by atoms with van der Waals surface area (Å²) in [6.07, 6.45) is 3.77. The first-order valence-corrected chi connectivity index (χ1v) is 5.56. The highest BCUT2D eigenvalue weighted by molar-refractivity contribution is 5.85. The monoisotopic (exact) mass is 237 g/mol. The van der Waals surface area contributed by atoms with Crippen LogP contribution < -0.4 is 5.32 Å². The van der Waals surface area contributed by atoms with E-state index >= 15 is 0 Å². The van der Waals surface area contributed by atoms with Crippen LogP contribution in [0.1, 0.15) is 23.8 Å². The molecule has 1 aromatic heterocycles. The summed E-state index contributed by atoms with van der Waals surface area (Å²) in [5.74, 6) is -0.146. The molecule has 0 radical (unpaired) electrons. The third kappa shape index (κ3) is 2.91. The fraction of sp³-hybridized carbons (Fsp3) is 0.545. The number of nitrogens with one attached hydrogen (secondary N) is 1. The zero-order chi connectivity index (χ0) is 12.3. The Morgan fingerprint density at radius 3 is 3.12 bits per heavy atom. The molecule has 1 saturated heterocycles. The molecule has 2 rings (SSSR count). The van der Waals surface area contributed by atoms with Gasteiger partial charge in [-0.15, -0.1) is 0 Å². The van der Waals surface area contributed by atoms with Crippen molar-refractivity contribution in [3.8, 4) is 0 Å². The molecule has 2 heterocycles. The van der Waals surface area contributed by atoms with Crippen LogP contribution in [0.4, 0.5) is 5.82 Å². The van der Waals surface area contributed by atoms with E-state index in [4.69, 9.17) is 9.84 Å². The second-order valence-corrected chi connectivity index (χ2v) is 4.15. The van der Waals surface area contributed by atoms with E-state index in [1.165, 1.54) is 12.4 Å². The minimum atomic E-state index is -1.07. The average Bonchev–Trinajstić information content (AvgIpc) is 2.82. The second-order valence-electron chi connectivity index (χ2n) is 4.15. The minimum Gasteiger partial charge on any atom is -0.476 e. The summed E-state index contributed by atoms with van der Waals surface area (Å²) in [5.41, 5.74) is -0.0510. The van der Waals surface area contributed by atoms with E-state index in [9.17, 15) is 4.79 Å². The summed E-state index contributed by atoms with van der Waals surface area (Å²) >= 11 is 0. The summed E-state index contributed by atoms with van der Waals surface area (Å²) in [6.45, 7) is 3.56. The fourth-order valence-electron chi connectivity index (χ4n) is 1.84. The molecular weight excluding hydrogens is 222 g/mol. The maximum absolute atomic E-state index is 10.7. The van der Waals surface area contributed by atoms with Crippen molar-refractivity contribution in [1.82, 2.24) is 9.97 Å². The molecule has 0 spiro atoms. The van der Waals surface area contributed by atoms with Crippen LogP contribution in [0.5, 0.6) is 0 Å². The Bertz CT molecular complexity index is 405. The van der Waals surface area contributed by atoms with Gasteiger partial charge >= 0.3 is 5.97 Å². The van der Waals surface area contributed by atoms with Crippen molar-refractivity contribution in [1.29, 1.82) is 0 Å². The van der Waals surface area contributed by atoms with E-state index < -0.39 is 5.97 Å². The molecule has 0 saturated carbocycles. The third-order valence-corrected chi connectivity index (χ3v) is 2.90. The number of aromatic nitrogens is 2. The van der Waals surface area contributed by atoms with Crippen LogP contribution in [0.15, 0.2) is 12.4 Å². The Morgan fingerprint density at radius 2 is 2.47 bits per heavy atom. The van der Waals surface area contributed by atoms with Crippen molar-refractivity contribution in [2.75, 3.05) is 18.5 Å². The van der Waals surface area contributed by atoms with E-state index in [0.29, 0.717) is 11.7 Å². The first-order valence-electron chi connectivity index (χ1n) is 5.56. The van der Waals surface area contributed by atoms with Gasteiger partial charge in [0.15, 0.2) is 5.69 Å². The van der Waals surface area contributed by atoms with Crippen molar-refractivity contribution in [3.63, 3.8) is 0 Å². The number of ether oxygens (including phenoxy) is 1. The van der Waals surface area contributed by atoms with Gasteiger partial charge in [-0.25, -0.2) is 9.78 Å². The standard InChI is InChI=1S/C11H15N3O3/c1-7(8-2-3-17-6-8)13-10-5-12-4-9(14-10)11(15)16/h4-5,7-8H,2-3,6H2,1H3,(H,13,14)(H,15,16). The van der Waals surface area contributed by atoms with Gasteiger partial charge in [-0.1, -0.05) is 0 Å². The maximum Gasteiger partial charge on any atom is 0.356 e. The van der Waals surface area contributed by atoms with Gasteiger partial charge in [0, 0.05) is 18.6 Å². The van der Waals surface area contributed by atoms with Gasteiger partial charge in [0.05, 0.1) is 19.0 Å². The predicted octanol–water partition coefficient (Wildman–Crippen LogP) is 1.01. The number of rotatable bonds is 4. The first-order chi connectivity index (χ1) is 8.16. The van der Waals surface area contributed by atoms with Crippen LogP contribution in [0.2, 0.25) is 0 Å². The quantitative estimate of drug-likeness (QED) is 0.813. The van der Waals surface area contributed by atoms with Crippen LogP contribution in [-0.4, -0.2) is 40.3 Å². The first kappa shape index (κ1) is 11.8. The highest BCUT2D eigenvalue weighted by Crippen LogP contribution is 2.19. The van der Waals surface area contributed by atoms with Crippen molar-refractivity contribution in [2.24, 2.45) is 5.92 Å². The van der Waals surface area contributed by atoms with Gasteiger partial charge in [0.25, 0.3) is 0 Å². The smallest absolute Gasteiger partial charge is 0.356 e. The molecule has 1 aliphatic rings. The number of carboxylic acids is 1. The van der Waals surface area contributed by atoms with E-state index in [1.54, 1.807) is 0 Å². The molecule has 6 nitrogen and oxygen atoms in total. The van der Waals surface area contributed by atoms with Crippen LogP contribution >= 0.6 is 0 Å². The topological polar surface area (TPSA) is 84.3 Å². The summed E-state index contributed by atoms with van der Waals surface area (Å²) in [4.78, 5) is 18.6. The van der Waals surface area contributed by atoms with Gasteiger partial charge in [0.1, 0.15) is 5.82 Å². The SMILES string of the molecule is CC(Nc1cncc(C(=O)O)n1)C1CCOC1. The highest BCUT2D eigenvalue weighted by Gasteiger charge is 2.22. The summed E-state index contributed by atoms with van der Waals surface area (Å²) in [7, 11) is 0. The Labute approximate surface area is 99.0 Å². The summed E-state index contributed by atoms with van der Waals surface area (Å²) < 4.78 is 5.31. The Morgan fingerprint density at radius 1 is 1.65 bits per heavy atom. The van der Waals surface area contributed by atoms with Gasteiger partial charge < -0.3 is 15.2 Å². The van der Waals surface area contributed by atoms with Crippen molar-refractivity contribution >= 4 is 11.8 Å². The zero-order valence-corrected chi connectivity index (χ0v) is 9.59. The van der Waals surface area contributed by atoms with Crippen LogP contribution in [0, 0.1) is 5.92 Å². The highest BCUT2D eigenvalue weighted by atomic mass is 16.5. The Balaban J connectivity index is 2.02. The zero-order valence-electron chi connectivity index (χ0n) is 9.59. The Hall–Kier alpha value is -1.69. The van der Waals surface area contributed by atoms with Gasteiger partial charge in [-0.05, 0) is 13.3 Å². The number of hydrogen-bond acceptors (Lipinski definition) is 5. The van der Waals surface area contributed by atoms with E-state index in [1.807, 2.05) is 6.92 Å². The molecule has 2 atom stereocenters. The second kappa shape index (κ2) is 5.09. The molecule has 1 fully saturated rings. The van der Waals surface area contributed by atoms with Crippen LogP contribution in [0.3, 0.4) is 0 Å². The molecule has 2 N–H and O–H groups in total. The van der Waals surface area contributed by atoms with Crippen molar-refractivity contribution < 1.29 is 14.6 Å². The molecule has 0 aliphatic carbocycles.